The van der Waals surface area contributed by atoms with Crippen molar-refractivity contribution < 1.29 is 4.42 Å². The molecule has 4 aromatic rings. The molecule has 0 bridgehead atoms. The summed E-state index contributed by atoms with van der Waals surface area (Å²) in [5.41, 5.74) is 3.65. The lowest BCUT2D eigenvalue weighted by Gasteiger charge is -2.35. The zero-order chi connectivity index (χ0) is 17.3. The van der Waals surface area contributed by atoms with Gasteiger partial charge in [0.25, 0.3) is 0 Å². The van der Waals surface area contributed by atoms with Crippen molar-refractivity contribution in [1.82, 2.24) is 19.9 Å². The number of para-hydroxylation sites is 1. The Morgan fingerprint density at radius 1 is 0.885 bits per heavy atom. The molecule has 5 rings (SSSR count). The van der Waals surface area contributed by atoms with Crippen LogP contribution in [0.5, 0.6) is 0 Å². The Kier molecular flexibility index (Phi) is 3.75. The smallest absolute Gasteiger partial charge is 0.196 e. The molecule has 1 aromatic carbocycles. The summed E-state index contributed by atoms with van der Waals surface area (Å²) >= 11 is 0. The molecule has 26 heavy (non-hydrogen) atoms. The highest BCUT2D eigenvalue weighted by atomic mass is 16.3. The maximum atomic E-state index is 6.07. The van der Waals surface area contributed by atoms with E-state index in [9.17, 15) is 0 Å². The average Bonchev–Trinajstić information content (AvgIpc) is 3.08. The number of nitrogens with zero attached hydrogens (tertiary/aromatic N) is 5. The Labute approximate surface area is 151 Å². The van der Waals surface area contributed by atoms with Crippen LogP contribution in [0.3, 0.4) is 0 Å². The van der Waals surface area contributed by atoms with E-state index in [0.717, 1.165) is 66.3 Å². The van der Waals surface area contributed by atoms with Gasteiger partial charge in [0.15, 0.2) is 11.4 Å². The molecule has 6 nitrogen and oxygen atoms in total. The van der Waals surface area contributed by atoms with Crippen molar-refractivity contribution in [2.24, 2.45) is 0 Å². The molecule has 4 heterocycles. The number of hydrogen-bond donors (Lipinski definition) is 0. The first-order valence-corrected chi connectivity index (χ1v) is 8.88. The van der Waals surface area contributed by atoms with Crippen molar-refractivity contribution in [3.63, 3.8) is 0 Å². The standard InChI is InChI=1S/C20H19N5O/c1-2-7-17-16(6-1)18-19(26-17)20(23-14-22-18)25-11-9-24(10-12-25)13-15-5-3-4-8-21-15/h1-8,14H,9-13H2. The fourth-order valence-corrected chi connectivity index (χ4v) is 3.58. The molecular formula is C20H19N5O. The summed E-state index contributed by atoms with van der Waals surface area (Å²) in [5.74, 6) is 0.892. The minimum atomic E-state index is 0.784. The number of aromatic nitrogens is 3. The maximum Gasteiger partial charge on any atom is 0.196 e. The Hall–Kier alpha value is -2.99. The molecule has 0 atom stereocenters. The Bertz CT molecular complexity index is 1040. The van der Waals surface area contributed by atoms with E-state index < -0.39 is 0 Å². The van der Waals surface area contributed by atoms with Gasteiger partial charge in [-0.2, -0.15) is 0 Å². The third kappa shape index (κ3) is 2.68. The van der Waals surface area contributed by atoms with Crippen LogP contribution in [0.15, 0.2) is 59.4 Å². The van der Waals surface area contributed by atoms with Gasteiger partial charge in [-0.25, -0.2) is 9.97 Å². The SMILES string of the molecule is c1ccc(CN2CCN(c3ncnc4c3oc3ccccc34)CC2)nc1. The first-order valence-electron chi connectivity index (χ1n) is 8.88. The van der Waals surface area contributed by atoms with Gasteiger partial charge in [-0.15, -0.1) is 0 Å². The van der Waals surface area contributed by atoms with Crippen molar-refractivity contribution in [3.8, 4) is 0 Å². The fourth-order valence-electron chi connectivity index (χ4n) is 3.58. The van der Waals surface area contributed by atoms with Crippen LogP contribution in [-0.2, 0) is 6.54 Å². The molecule has 0 N–H and O–H groups in total. The van der Waals surface area contributed by atoms with Crippen LogP contribution in [0.1, 0.15) is 5.69 Å². The molecule has 0 spiro atoms. The molecule has 130 valence electrons. The van der Waals surface area contributed by atoms with E-state index in [1.165, 1.54) is 0 Å². The number of pyridine rings is 1. The van der Waals surface area contributed by atoms with Gasteiger partial charge in [0.1, 0.15) is 17.4 Å². The highest BCUT2D eigenvalue weighted by Gasteiger charge is 2.22. The third-order valence-corrected chi connectivity index (χ3v) is 4.92. The van der Waals surface area contributed by atoms with E-state index in [0.29, 0.717) is 0 Å². The van der Waals surface area contributed by atoms with Crippen LogP contribution < -0.4 is 4.90 Å². The molecule has 0 radical (unpaired) electrons. The van der Waals surface area contributed by atoms with E-state index in [4.69, 9.17) is 4.42 Å². The van der Waals surface area contributed by atoms with Gasteiger partial charge in [-0.05, 0) is 24.3 Å². The highest BCUT2D eigenvalue weighted by molar-refractivity contribution is 6.05. The summed E-state index contributed by atoms with van der Waals surface area (Å²) in [6.45, 7) is 4.66. The minimum absolute atomic E-state index is 0.784. The van der Waals surface area contributed by atoms with Crippen LogP contribution in [-0.4, -0.2) is 46.0 Å². The van der Waals surface area contributed by atoms with Crippen LogP contribution in [0, 0.1) is 0 Å². The van der Waals surface area contributed by atoms with Crippen molar-refractivity contribution in [1.29, 1.82) is 0 Å². The summed E-state index contributed by atoms with van der Waals surface area (Å²) in [6.07, 6.45) is 3.49. The maximum absolute atomic E-state index is 6.07. The van der Waals surface area contributed by atoms with E-state index >= 15 is 0 Å². The second kappa shape index (κ2) is 6.38. The molecule has 1 aliphatic heterocycles. The Balaban J connectivity index is 1.38. The Morgan fingerprint density at radius 3 is 2.58 bits per heavy atom. The largest absolute Gasteiger partial charge is 0.450 e. The number of rotatable bonds is 3. The van der Waals surface area contributed by atoms with Gasteiger partial charge in [0, 0.05) is 44.3 Å². The van der Waals surface area contributed by atoms with Gasteiger partial charge >= 0.3 is 0 Å². The number of piperazine rings is 1. The molecule has 0 amide bonds. The minimum Gasteiger partial charge on any atom is -0.450 e. The summed E-state index contributed by atoms with van der Waals surface area (Å²) in [7, 11) is 0. The predicted octanol–water partition coefficient (Wildman–Crippen LogP) is 3.09. The number of anilines is 1. The first kappa shape index (κ1) is 15.3. The molecule has 0 unspecified atom stereocenters. The molecule has 1 aliphatic rings. The monoisotopic (exact) mass is 345 g/mol. The van der Waals surface area contributed by atoms with Crippen LogP contribution in [0.2, 0.25) is 0 Å². The van der Waals surface area contributed by atoms with E-state index in [-0.39, 0.29) is 0 Å². The van der Waals surface area contributed by atoms with Gasteiger partial charge in [-0.1, -0.05) is 18.2 Å². The van der Waals surface area contributed by atoms with Crippen LogP contribution >= 0.6 is 0 Å². The normalized spacial score (nSPS) is 15.8. The van der Waals surface area contributed by atoms with E-state index in [1.54, 1.807) is 6.33 Å². The topological polar surface area (TPSA) is 58.3 Å². The summed E-state index contributed by atoms with van der Waals surface area (Å²) < 4.78 is 6.07. The zero-order valence-corrected chi connectivity index (χ0v) is 14.4. The average molecular weight is 345 g/mol. The zero-order valence-electron chi connectivity index (χ0n) is 14.4. The molecule has 1 saturated heterocycles. The second-order valence-electron chi connectivity index (χ2n) is 6.56. The molecule has 3 aromatic heterocycles. The summed E-state index contributed by atoms with van der Waals surface area (Å²) in [4.78, 5) is 18.1. The predicted molar refractivity (Wildman–Crippen MR) is 101 cm³/mol. The fraction of sp³-hybridized carbons (Fsp3) is 0.250. The molecule has 1 fully saturated rings. The number of fused-ring (bicyclic) bond motifs is 3. The van der Waals surface area contributed by atoms with Gasteiger partial charge < -0.3 is 9.32 Å². The number of hydrogen-bond acceptors (Lipinski definition) is 6. The van der Waals surface area contributed by atoms with Gasteiger partial charge in [0.2, 0.25) is 0 Å². The van der Waals surface area contributed by atoms with Crippen molar-refractivity contribution in [2.45, 2.75) is 6.54 Å². The second-order valence-corrected chi connectivity index (χ2v) is 6.56. The van der Waals surface area contributed by atoms with Crippen LogP contribution in [0.25, 0.3) is 22.1 Å². The summed E-state index contributed by atoms with van der Waals surface area (Å²) in [6, 6.07) is 14.1. The quantitative estimate of drug-likeness (QED) is 0.569. The van der Waals surface area contributed by atoms with Crippen molar-refractivity contribution >= 4 is 27.9 Å². The van der Waals surface area contributed by atoms with Gasteiger partial charge in [0.05, 0.1) is 5.69 Å². The molecular weight excluding hydrogens is 326 g/mol. The highest BCUT2D eigenvalue weighted by Crippen LogP contribution is 2.32. The van der Waals surface area contributed by atoms with Crippen LogP contribution in [0.4, 0.5) is 5.82 Å². The van der Waals surface area contributed by atoms with E-state index in [1.807, 2.05) is 42.6 Å². The number of benzene rings is 1. The first-order chi connectivity index (χ1) is 12.9. The third-order valence-electron chi connectivity index (χ3n) is 4.92. The molecule has 0 aliphatic carbocycles. The molecule has 0 saturated carbocycles. The summed E-state index contributed by atoms with van der Waals surface area (Å²) in [5, 5.41) is 1.04. The lowest BCUT2D eigenvalue weighted by Crippen LogP contribution is -2.46. The van der Waals surface area contributed by atoms with E-state index in [2.05, 4.69) is 30.8 Å². The van der Waals surface area contributed by atoms with Crippen molar-refractivity contribution in [2.75, 3.05) is 31.1 Å². The lowest BCUT2D eigenvalue weighted by molar-refractivity contribution is 0.246. The number of furan rings is 1. The Morgan fingerprint density at radius 2 is 1.73 bits per heavy atom. The van der Waals surface area contributed by atoms with Gasteiger partial charge in [-0.3, -0.25) is 9.88 Å². The molecule has 6 heteroatoms. The lowest BCUT2D eigenvalue weighted by atomic mass is 10.2. The van der Waals surface area contributed by atoms with Crippen molar-refractivity contribution in [3.05, 3.63) is 60.7 Å².